The lowest BCUT2D eigenvalue weighted by molar-refractivity contribution is 0.310. The van der Waals surface area contributed by atoms with E-state index in [0.717, 1.165) is 28.1 Å². The fourth-order valence-electron chi connectivity index (χ4n) is 2.51. The topological polar surface area (TPSA) is 54.7 Å². The molecule has 2 heterocycles. The Hall–Kier alpha value is -2.12. The van der Waals surface area contributed by atoms with Crippen LogP contribution in [0.2, 0.25) is 0 Å². The van der Waals surface area contributed by atoms with E-state index in [-0.39, 0.29) is 6.04 Å². The molecule has 0 aliphatic rings. The molecule has 0 radical (unpaired) electrons. The molecule has 0 saturated carbocycles. The second-order valence-electron chi connectivity index (χ2n) is 5.65. The van der Waals surface area contributed by atoms with E-state index in [4.69, 9.17) is 4.74 Å². The van der Waals surface area contributed by atoms with Crippen molar-refractivity contribution in [3.63, 3.8) is 0 Å². The van der Waals surface area contributed by atoms with Gasteiger partial charge in [0.2, 0.25) is 10.1 Å². The number of aromatic nitrogens is 3. The van der Waals surface area contributed by atoms with Gasteiger partial charge in [-0.25, -0.2) is 9.50 Å². The molecule has 1 N–H and O–H groups in total. The van der Waals surface area contributed by atoms with Crippen LogP contribution in [0.15, 0.2) is 30.5 Å². The molecule has 3 rings (SSSR count). The number of imidazole rings is 1. The molecule has 0 saturated heterocycles. The fraction of sp³-hybridized carbons (Fsp3) is 0.375. The van der Waals surface area contributed by atoms with E-state index in [0.29, 0.717) is 0 Å². The van der Waals surface area contributed by atoms with Crippen molar-refractivity contribution < 1.29 is 4.74 Å². The quantitative estimate of drug-likeness (QED) is 0.753. The summed E-state index contributed by atoms with van der Waals surface area (Å²) < 4.78 is 7.15. The molecule has 6 nitrogen and oxygen atoms in total. The van der Waals surface area contributed by atoms with Crippen molar-refractivity contribution in [2.75, 3.05) is 33.1 Å². The Labute approximate surface area is 139 Å². The standard InChI is InChI=1S/C16H21N5OS/c1-11-10-21-16(18-11)23-15(19-21)17-9-14(20(2)3)12-6-5-7-13(8-12)22-4/h5-8,10,14H,9H2,1-4H3,(H,17,19). The molecule has 7 heteroatoms. The summed E-state index contributed by atoms with van der Waals surface area (Å²) >= 11 is 1.56. The van der Waals surface area contributed by atoms with Crippen molar-refractivity contribution in [3.8, 4) is 5.75 Å². The van der Waals surface area contributed by atoms with Gasteiger partial charge in [-0.3, -0.25) is 0 Å². The predicted molar refractivity (Wildman–Crippen MR) is 93.5 cm³/mol. The first-order valence-electron chi connectivity index (χ1n) is 7.44. The average molecular weight is 331 g/mol. The lowest BCUT2D eigenvalue weighted by Gasteiger charge is -2.25. The van der Waals surface area contributed by atoms with Crippen LogP contribution in [0.1, 0.15) is 17.3 Å². The zero-order valence-corrected chi connectivity index (χ0v) is 14.6. The van der Waals surface area contributed by atoms with E-state index >= 15 is 0 Å². The first kappa shape index (κ1) is 15.8. The number of aryl methyl sites for hydroxylation is 1. The monoisotopic (exact) mass is 331 g/mol. The number of likely N-dealkylation sites (N-methyl/N-ethyl adjacent to an activating group) is 1. The van der Waals surface area contributed by atoms with Crippen molar-refractivity contribution in [2.24, 2.45) is 0 Å². The first-order valence-corrected chi connectivity index (χ1v) is 8.25. The Morgan fingerprint density at radius 3 is 2.91 bits per heavy atom. The molecule has 0 bridgehead atoms. The molecule has 0 amide bonds. The number of nitrogens with one attached hydrogen (secondary N) is 1. The van der Waals surface area contributed by atoms with Crippen molar-refractivity contribution in [1.82, 2.24) is 19.5 Å². The number of nitrogens with zero attached hydrogens (tertiary/aromatic N) is 4. The van der Waals surface area contributed by atoms with Crippen molar-refractivity contribution >= 4 is 21.4 Å². The second kappa shape index (κ2) is 6.55. The maximum Gasteiger partial charge on any atom is 0.214 e. The van der Waals surface area contributed by atoms with E-state index in [1.807, 2.05) is 29.8 Å². The van der Waals surface area contributed by atoms with Gasteiger partial charge in [-0.1, -0.05) is 23.5 Å². The molecule has 122 valence electrons. The third-order valence-corrected chi connectivity index (χ3v) is 4.59. The molecular formula is C16H21N5OS. The minimum atomic E-state index is 0.225. The van der Waals surface area contributed by atoms with E-state index in [1.165, 1.54) is 5.56 Å². The molecule has 3 aromatic rings. The highest BCUT2D eigenvalue weighted by Gasteiger charge is 2.16. The largest absolute Gasteiger partial charge is 0.497 e. The molecule has 0 spiro atoms. The highest BCUT2D eigenvalue weighted by Crippen LogP contribution is 2.25. The summed E-state index contributed by atoms with van der Waals surface area (Å²) in [5.41, 5.74) is 2.19. The molecule has 23 heavy (non-hydrogen) atoms. The SMILES string of the molecule is COc1cccc(C(CNc2nn3cc(C)nc3s2)N(C)C)c1. The Morgan fingerprint density at radius 1 is 1.39 bits per heavy atom. The summed E-state index contributed by atoms with van der Waals surface area (Å²) in [5.74, 6) is 0.873. The summed E-state index contributed by atoms with van der Waals surface area (Å²) in [7, 11) is 5.84. The van der Waals surface area contributed by atoms with Crippen LogP contribution >= 0.6 is 11.3 Å². The average Bonchev–Trinajstić information content (AvgIpc) is 3.04. The lowest BCUT2D eigenvalue weighted by atomic mass is 10.1. The number of hydrogen-bond donors (Lipinski definition) is 1. The zero-order valence-electron chi connectivity index (χ0n) is 13.8. The number of fused-ring (bicyclic) bond motifs is 1. The summed E-state index contributed by atoms with van der Waals surface area (Å²) in [5, 5.41) is 8.81. The fourth-order valence-corrected chi connectivity index (χ4v) is 3.35. The molecular weight excluding hydrogens is 310 g/mol. The first-order chi connectivity index (χ1) is 11.1. The predicted octanol–water partition coefficient (Wildman–Crippen LogP) is 2.82. The van der Waals surface area contributed by atoms with Gasteiger partial charge in [0.1, 0.15) is 5.75 Å². The van der Waals surface area contributed by atoms with E-state index < -0.39 is 0 Å². The van der Waals surface area contributed by atoms with Crippen molar-refractivity contribution in [1.29, 1.82) is 0 Å². The Morgan fingerprint density at radius 2 is 2.22 bits per heavy atom. The minimum Gasteiger partial charge on any atom is -0.497 e. The van der Waals surface area contributed by atoms with Gasteiger partial charge in [0, 0.05) is 6.54 Å². The number of benzene rings is 1. The maximum atomic E-state index is 5.33. The zero-order chi connectivity index (χ0) is 16.4. The van der Waals surface area contributed by atoms with Crippen molar-refractivity contribution in [3.05, 3.63) is 41.7 Å². The van der Waals surface area contributed by atoms with Gasteiger partial charge in [0.25, 0.3) is 0 Å². The molecule has 0 aliphatic carbocycles. The highest BCUT2D eigenvalue weighted by atomic mass is 32.1. The van der Waals surface area contributed by atoms with Crippen LogP contribution in [0.3, 0.4) is 0 Å². The Kier molecular flexibility index (Phi) is 4.49. The number of methoxy groups -OCH3 is 1. The van der Waals surface area contributed by atoms with Crippen LogP contribution in [0.4, 0.5) is 5.13 Å². The van der Waals surface area contributed by atoms with Crippen LogP contribution in [-0.4, -0.2) is 47.2 Å². The van der Waals surface area contributed by atoms with Gasteiger partial charge in [-0.2, -0.15) is 0 Å². The number of ether oxygens (including phenoxy) is 1. The van der Waals surface area contributed by atoms with Gasteiger partial charge >= 0.3 is 0 Å². The van der Waals surface area contributed by atoms with Gasteiger partial charge in [0.15, 0.2) is 0 Å². The summed E-state index contributed by atoms with van der Waals surface area (Å²) in [6.45, 7) is 2.73. The van der Waals surface area contributed by atoms with Crippen LogP contribution in [0, 0.1) is 6.92 Å². The summed E-state index contributed by atoms with van der Waals surface area (Å²) in [6.07, 6.45) is 1.93. The Balaban J connectivity index is 1.75. The van der Waals surface area contributed by atoms with Gasteiger partial charge < -0.3 is 15.0 Å². The van der Waals surface area contributed by atoms with Gasteiger partial charge in [0.05, 0.1) is 25.0 Å². The second-order valence-corrected chi connectivity index (χ2v) is 6.61. The number of anilines is 1. The van der Waals surface area contributed by atoms with Gasteiger partial charge in [-0.05, 0) is 38.7 Å². The Bertz CT molecular complexity index is 763. The number of hydrogen-bond acceptors (Lipinski definition) is 6. The van der Waals surface area contributed by atoms with Gasteiger partial charge in [-0.15, -0.1) is 5.10 Å². The van der Waals surface area contributed by atoms with Crippen molar-refractivity contribution in [2.45, 2.75) is 13.0 Å². The maximum absolute atomic E-state index is 5.33. The van der Waals surface area contributed by atoms with E-state index in [1.54, 1.807) is 18.4 Å². The molecule has 0 aliphatic heterocycles. The summed E-state index contributed by atoms with van der Waals surface area (Å²) in [6, 6.07) is 8.40. The summed E-state index contributed by atoms with van der Waals surface area (Å²) in [4.78, 5) is 7.52. The van der Waals surface area contributed by atoms with Crippen LogP contribution < -0.4 is 10.1 Å². The molecule has 2 aromatic heterocycles. The highest BCUT2D eigenvalue weighted by molar-refractivity contribution is 7.20. The molecule has 1 unspecified atom stereocenters. The van der Waals surface area contributed by atoms with Crippen LogP contribution in [0.5, 0.6) is 5.75 Å². The number of rotatable bonds is 6. The van der Waals surface area contributed by atoms with E-state index in [2.05, 4.69) is 46.5 Å². The molecule has 1 atom stereocenters. The van der Waals surface area contributed by atoms with E-state index in [9.17, 15) is 0 Å². The molecule has 0 fully saturated rings. The smallest absolute Gasteiger partial charge is 0.214 e. The third kappa shape index (κ3) is 3.46. The third-order valence-electron chi connectivity index (χ3n) is 3.71. The molecule has 1 aromatic carbocycles. The normalized spacial score (nSPS) is 12.7. The lowest BCUT2D eigenvalue weighted by Crippen LogP contribution is -2.26. The van der Waals surface area contributed by atoms with Crippen LogP contribution in [0.25, 0.3) is 4.96 Å². The van der Waals surface area contributed by atoms with Crippen LogP contribution in [-0.2, 0) is 0 Å². The minimum absolute atomic E-state index is 0.225.